The van der Waals surface area contributed by atoms with Crippen LogP contribution >= 0.6 is 0 Å². The van der Waals surface area contributed by atoms with Gasteiger partial charge >= 0.3 is 21.1 Å². The molecule has 88 valence electrons. The monoisotopic (exact) mass is 394 g/mol. The van der Waals surface area contributed by atoms with Crippen LogP contribution in [0.1, 0.15) is 6.42 Å². The summed E-state index contributed by atoms with van der Waals surface area (Å²) < 4.78 is 2.86. The van der Waals surface area contributed by atoms with Crippen molar-refractivity contribution in [2.24, 2.45) is 0 Å². The Balaban J connectivity index is -0.000000166. The average Bonchev–Trinajstić information content (AvgIpc) is 2.58. The molecule has 0 amide bonds. The van der Waals surface area contributed by atoms with E-state index in [2.05, 4.69) is 30.4 Å². The van der Waals surface area contributed by atoms with E-state index in [4.69, 9.17) is 19.8 Å². The number of carbonyl (C=O) groups is 2. The van der Waals surface area contributed by atoms with Gasteiger partial charge in [0.2, 0.25) is 0 Å². The summed E-state index contributed by atoms with van der Waals surface area (Å²) in [6.45, 7) is 6.50. The van der Waals surface area contributed by atoms with Gasteiger partial charge in [0.05, 0.1) is 0 Å². The molecule has 1 aliphatic rings. The van der Waals surface area contributed by atoms with Gasteiger partial charge in [0.25, 0.3) is 12.3 Å². The van der Waals surface area contributed by atoms with Crippen molar-refractivity contribution in [3.8, 4) is 0 Å². The summed E-state index contributed by atoms with van der Waals surface area (Å²) in [5, 5.41) is 18.1. The third-order valence-electron chi connectivity index (χ3n) is 0.753. The van der Waals surface area contributed by atoms with Crippen LogP contribution in [0.25, 0.3) is 0 Å². The molecule has 0 radical (unpaired) electrons. The van der Waals surface area contributed by atoms with Crippen LogP contribution in [-0.4, -0.2) is 12.3 Å². The quantitative estimate of drug-likeness (QED) is 0.328. The van der Waals surface area contributed by atoms with Gasteiger partial charge in [-0.1, -0.05) is 0 Å². The first-order valence-corrected chi connectivity index (χ1v) is 3.76. The van der Waals surface area contributed by atoms with Crippen molar-refractivity contribution in [3.63, 3.8) is 0 Å². The molecule has 0 atom stereocenters. The molecule has 5 nitrogen and oxygen atoms in total. The van der Waals surface area contributed by atoms with Gasteiger partial charge in [0.1, 0.15) is 0 Å². The largest absolute Gasteiger partial charge is 2.00 e. The summed E-state index contributed by atoms with van der Waals surface area (Å²) in [6, 6.07) is 0. The molecular formula is C10H10O5W-2. The zero-order valence-corrected chi connectivity index (χ0v) is 11.3. The van der Waals surface area contributed by atoms with Crippen LogP contribution in [0.5, 0.6) is 0 Å². The maximum atomic E-state index is 9.06. The van der Waals surface area contributed by atoms with Crippen molar-refractivity contribution >= 4 is 12.3 Å². The Morgan fingerprint density at radius 2 is 1.88 bits per heavy atom. The second-order valence-electron chi connectivity index (χ2n) is 1.89. The molecule has 0 spiro atoms. The molecule has 0 unspecified atom stereocenters. The third kappa shape index (κ3) is 29.4. The summed E-state index contributed by atoms with van der Waals surface area (Å²) in [5.41, 5.74) is 0. The minimum atomic E-state index is -2.12. The maximum absolute atomic E-state index is 9.06. The van der Waals surface area contributed by atoms with Crippen LogP contribution < -0.4 is 10.2 Å². The van der Waals surface area contributed by atoms with E-state index in [-0.39, 0.29) is 21.1 Å². The summed E-state index contributed by atoms with van der Waals surface area (Å²) in [5.74, 6) is 0. The number of hydrogen-bond donors (Lipinski definition) is 0. The molecule has 0 saturated carbocycles. The van der Waals surface area contributed by atoms with Crippen LogP contribution in [0.3, 0.4) is 0 Å². The topological polar surface area (TPSA) is 89.5 Å². The zero-order chi connectivity index (χ0) is 12.1. The van der Waals surface area contributed by atoms with Crippen LogP contribution in [0, 0.1) is 13.0 Å². The average molecular weight is 394 g/mol. The predicted octanol–water partition coefficient (Wildman–Crippen LogP) is -0.000720. The molecule has 0 heterocycles. The standard InChI is InChI=1S/C5H5.C3H5.C2H2O5.W/c1-2-4-5-3-1;1-3-2;3-1(4)7-2(5)6;/h1-3H,4H2;3H,1-2H2;(H,3,4)(H,5,6);/q2*-1;;+2/p-2. The zero-order valence-electron chi connectivity index (χ0n) is 8.38. The fourth-order valence-corrected chi connectivity index (χ4v) is 0.408. The molecular weight excluding hydrogens is 384 g/mol. The molecule has 0 bridgehead atoms. The Bertz CT molecular complexity index is 236. The van der Waals surface area contributed by atoms with E-state index >= 15 is 0 Å². The van der Waals surface area contributed by atoms with Crippen molar-refractivity contribution in [2.45, 2.75) is 6.42 Å². The van der Waals surface area contributed by atoms with E-state index in [0.717, 1.165) is 6.42 Å². The van der Waals surface area contributed by atoms with Gasteiger partial charge in [-0.2, -0.15) is 6.08 Å². The first kappa shape index (κ1) is 20.0. The van der Waals surface area contributed by atoms with Crippen molar-refractivity contribution < 1.29 is 45.6 Å². The van der Waals surface area contributed by atoms with E-state index in [9.17, 15) is 0 Å². The predicted molar refractivity (Wildman–Crippen MR) is 49.0 cm³/mol. The second kappa shape index (κ2) is 16.0. The van der Waals surface area contributed by atoms with Gasteiger partial charge in [-0.15, -0.1) is 6.42 Å². The van der Waals surface area contributed by atoms with Gasteiger partial charge in [-0.25, -0.2) is 31.7 Å². The van der Waals surface area contributed by atoms with Crippen molar-refractivity contribution in [1.29, 1.82) is 0 Å². The van der Waals surface area contributed by atoms with E-state index in [1.807, 2.05) is 12.2 Å². The molecule has 0 aromatic heterocycles. The van der Waals surface area contributed by atoms with E-state index in [1.165, 1.54) is 6.08 Å². The first-order valence-electron chi connectivity index (χ1n) is 3.76. The number of carboxylic acid groups (broad SMARTS) is 2. The van der Waals surface area contributed by atoms with Gasteiger partial charge in [0, 0.05) is 0 Å². The molecule has 0 aromatic carbocycles. The Morgan fingerprint density at radius 3 is 1.94 bits per heavy atom. The number of allylic oxidation sites excluding steroid dienone is 5. The Labute approximate surface area is 108 Å². The summed E-state index contributed by atoms with van der Waals surface area (Å²) >= 11 is 0. The van der Waals surface area contributed by atoms with E-state index < -0.39 is 12.3 Å². The van der Waals surface area contributed by atoms with E-state index in [0.29, 0.717) is 0 Å². The molecule has 0 aromatic rings. The third-order valence-corrected chi connectivity index (χ3v) is 0.753. The van der Waals surface area contributed by atoms with Gasteiger partial charge in [-0.3, -0.25) is 6.08 Å². The Morgan fingerprint density at radius 1 is 1.44 bits per heavy atom. The number of carbonyl (C=O) groups excluding carboxylic acids is 2. The molecule has 1 rings (SSSR count). The molecule has 0 fully saturated rings. The summed E-state index contributed by atoms with van der Waals surface area (Å²) in [6.07, 6.45) is 7.25. The Hall–Kier alpha value is -1.48. The minimum absolute atomic E-state index is 0. The van der Waals surface area contributed by atoms with Crippen molar-refractivity contribution in [2.75, 3.05) is 0 Å². The molecule has 0 saturated heterocycles. The van der Waals surface area contributed by atoms with Crippen LogP contribution in [0.4, 0.5) is 9.59 Å². The smallest absolute Gasteiger partial charge is 0.483 e. The van der Waals surface area contributed by atoms with Gasteiger partial charge in [-0.05, 0) is 0 Å². The summed E-state index contributed by atoms with van der Waals surface area (Å²) in [7, 11) is 0. The molecule has 1 aliphatic carbocycles. The van der Waals surface area contributed by atoms with Gasteiger partial charge in [0.15, 0.2) is 0 Å². The van der Waals surface area contributed by atoms with Crippen LogP contribution in [0.15, 0.2) is 30.9 Å². The normalized spacial score (nSPS) is 9.50. The number of ether oxygens (including phenoxy) is 1. The van der Waals surface area contributed by atoms with E-state index in [1.54, 1.807) is 0 Å². The van der Waals surface area contributed by atoms with Gasteiger partial charge < -0.3 is 24.5 Å². The number of hydrogen-bond acceptors (Lipinski definition) is 5. The SMILES string of the molecule is C=C[CH2-].O=C([O-])OC(=O)[O-].[C-]1=CC=CC1.[W+2]. The van der Waals surface area contributed by atoms with Crippen molar-refractivity contribution in [1.82, 2.24) is 0 Å². The maximum Gasteiger partial charge on any atom is 2.00 e. The fourth-order valence-electron chi connectivity index (χ4n) is 0.408. The second-order valence-corrected chi connectivity index (χ2v) is 1.89. The Kier molecular flexibility index (Phi) is 20.0. The summed E-state index contributed by atoms with van der Waals surface area (Å²) in [4.78, 5) is 18.1. The molecule has 16 heavy (non-hydrogen) atoms. The fraction of sp³-hybridized carbons (Fsp3) is 0.100. The first-order chi connectivity index (χ1) is 7.04. The number of rotatable bonds is 0. The molecule has 0 aliphatic heterocycles. The molecule has 0 N–H and O–H groups in total. The van der Waals surface area contributed by atoms with Crippen LogP contribution in [-0.2, 0) is 25.8 Å². The molecule has 6 heteroatoms. The van der Waals surface area contributed by atoms with Crippen molar-refractivity contribution in [3.05, 3.63) is 43.9 Å². The van der Waals surface area contributed by atoms with Crippen LogP contribution in [0.2, 0.25) is 0 Å². The minimum Gasteiger partial charge on any atom is -0.483 e.